The number of hydrogen-bond donors (Lipinski definition) is 1. The van der Waals surface area contributed by atoms with E-state index in [9.17, 15) is 4.39 Å². The van der Waals surface area contributed by atoms with Crippen molar-refractivity contribution in [3.05, 3.63) is 47.4 Å². The highest BCUT2D eigenvalue weighted by Crippen LogP contribution is 2.35. The minimum absolute atomic E-state index is 0.0225. The summed E-state index contributed by atoms with van der Waals surface area (Å²) in [5, 5.41) is 1.55. The van der Waals surface area contributed by atoms with Crippen molar-refractivity contribution >= 4 is 34.0 Å². The van der Waals surface area contributed by atoms with Crippen LogP contribution in [0.4, 0.5) is 15.9 Å². The lowest BCUT2D eigenvalue weighted by atomic mass is 10.2. The van der Waals surface area contributed by atoms with Gasteiger partial charge in [0.15, 0.2) is 11.5 Å². The normalized spacial score (nSPS) is 32.3. The summed E-state index contributed by atoms with van der Waals surface area (Å²) in [6.07, 6.45) is -5.26. The zero-order chi connectivity index (χ0) is 39.3. The molecule has 9 heteroatoms. The average molecular weight is 467 g/mol. The van der Waals surface area contributed by atoms with Gasteiger partial charge in [-0.05, 0) is 30.6 Å². The Balaban J connectivity index is 1.97. The van der Waals surface area contributed by atoms with Crippen LogP contribution in [0.15, 0.2) is 36.6 Å². The predicted molar refractivity (Wildman–Crippen MR) is 118 cm³/mol. The molecule has 0 radical (unpaired) electrons. The Kier molecular flexibility index (Phi) is 2.61. The Labute approximate surface area is 213 Å². The highest BCUT2D eigenvalue weighted by molar-refractivity contribution is 6.31. The molecule has 0 spiro atoms. The molecule has 0 amide bonds. The number of halogens is 2. The van der Waals surface area contributed by atoms with Gasteiger partial charge < -0.3 is 19.5 Å². The van der Waals surface area contributed by atoms with Gasteiger partial charge in [-0.15, -0.1) is 0 Å². The molecule has 1 aliphatic rings. The molecule has 3 aromatic rings. The number of hydrogen-bond acceptors (Lipinski definition) is 7. The van der Waals surface area contributed by atoms with Crippen molar-refractivity contribution in [2.45, 2.75) is 6.37 Å². The molecule has 1 fully saturated rings. The number of methoxy groups -OCH3 is 1. The van der Waals surface area contributed by atoms with Gasteiger partial charge in [0, 0.05) is 47.6 Å². The summed E-state index contributed by atoms with van der Waals surface area (Å²) in [5.41, 5.74) is -0.703. The topological polar surface area (TPSA) is 68.7 Å². The highest BCUT2D eigenvalue weighted by Gasteiger charge is 2.14. The van der Waals surface area contributed by atoms with Crippen LogP contribution in [0.1, 0.15) is 33.8 Å². The summed E-state index contributed by atoms with van der Waals surface area (Å²) in [6.45, 7) is -24.7. The van der Waals surface area contributed by atoms with E-state index >= 15 is 0 Å². The number of anilines is 2. The van der Waals surface area contributed by atoms with E-state index in [1.807, 2.05) is 0 Å². The molecule has 0 aliphatic carbocycles. The van der Waals surface area contributed by atoms with E-state index in [2.05, 4.69) is 20.0 Å². The molecule has 2 heterocycles. The minimum atomic E-state index is -4.44. The van der Waals surface area contributed by atoms with Crippen molar-refractivity contribution in [1.82, 2.24) is 14.9 Å². The van der Waals surface area contributed by atoms with E-state index in [-0.39, 0.29) is 5.69 Å². The summed E-state index contributed by atoms with van der Waals surface area (Å²) in [4.78, 5) is 6.63. The molecule has 7 nitrogen and oxygen atoms in total. The van der Waals surface area contributed by atoms with Crippen LogP contribution in [-0.4, -0.2) is 61.1 Å². The maximum atomic E-state index is 13.8. The lowest BCUT2D eigenvalue weighted by Crippen LogP contribution is -2.37. The average Bonchev–Trinajstić information content (AvgIpc) is 2.92. The molecule has 0 saturated carbocycles. The van der Waals surface area contributed by atoms with Gasteiger partial charge in [0.25, 0.3) is 0 Å². The van der Waals surface area contributed by atoms with E-state index in [0.29, 0.717) is 0 Å². The number of nitrogens with zero attached hydrogens (tertiary/aromatic N) is 3. The highest BCUT2D eigenvalue weighted by atomic mass is 35.5. The van der Waals surface area contributed by atoms with Gasteiger partial charge in [0.05, 0.1) is 52.3 Å². The van der Waals surface area contributed by atoms with E-state index in [1.165, 1.54) is 0 Å². The van der Waals surface area contributed by atoms with Crippen molar-refractivity contribution in [3.8, 4) is 11.5 Å². The third kappa shape index (κ3) is 5.33. The molecule has 1 aromatic heterocycles. The fraction of sp³-hybridized carbons (Fsp3) is 0.364. The van der Waals surface area contributed by atoms with E-state index in [1.54, 1.807) is 0 Å². The predicted octanol–water partition coefficient (Wildman–Crippen LogP) is 4.28. The third-order valence-corrected chi connectivity index (χ3v) is 3.84. The van der Waals surface area contributed by atoms with E-state index in [4.69, 9.17) is 48.5 Å². The van der Waals surface area contributed by atoms with Gasteiger partial charge >= 0.3 is 0 Å². The van der Waals surface area contributed by atoms with Gasteiger partial charge in [-0.2, -0.15) is 0 Å². The zero-order valence-corrected chi connectivity index (χ0v) is 15.8. The molecule has 1 N–H and O–H groups in total. The molecule has 0 unspecified atom stereocenters. The summed E-state index contributed by atoms with van der Waals surface area (Å²) < 4.78 is 191. The molecule has 1 aliphatic heterocycles. The van der Waals surface area contributed by atoms with E-state index in [0.717, 1.165) is 18.2 Å². The van der Waals surface area contributed by atoms with Crippen LogP contribution in [0.25, 0.3) is 10.9 Å². The van der Waals surface area contributed by atoms with Crippen LogP contribution in [-0.2, 0) is 4.74 Å². The summed E-state index contributed by atoms with van der Waals surface area (Å²) in [7, 11) is -3.49. The fourth-order valence-corrected chi connectivity index (χ4v) is 2.42. The molecule has 2 aromatic carbocycles. The Morgan fingerprint density at radius 1 is 1.35 bits per heavy atom. The van der Waals surface area contributed by atoms with Gasteiger partial charge in [0.1, 0.15) is 19.3 Å². The Morgan fingerprint density at radius 2 is 2.23 bits per heavy atom. The molecule has 31 heavy (non-hydrogen) atoms. The van der Waals surface area contributed by atoms with Crippen LogP contribution in [0, 0.1) is 5.82 Å². The number of fused-ring (bicyclic) bond motifs is 1. The molecule has 164 valence electrons. The van der Waals surface area contributed by atoms with Gasteiger partial charge in [0.2, 0.25) is 0 Å². The molecule has 4 rings (SSSR count). The van der Waals surface area contributed by atoms with Crippen LogP contribution >= 0.6 is 11.6 Å². The van der Waals surface area contributed by atoms with Crippen LogP contribution in [0.3, 0.4) is 0 Å². The van der Waals surface area contributed by atoms with Crippen LogP contribution < -0.4 is 14.8 Å². The maximum absolute atomic E-state index is 13.8. The first-order valence-electron chi connectivity index (χ1n) is 18.2. The third-order valence-electron chi connectivity index (χ3n) is 3.55. The minimum Gasteiger partial charge on any atom is -0.493 e. The second kappa shape index (κ2) is 10.1. The first-order chi connectivity index (χ1) is 22.7. The Morgan fingerprint density at radius 3 is 3.03 bits per heavy atom. The van der Waals surface area contributed by atoms with Gasteiger partial charge in [-0.1, -0.05) is 11.6 Å². The second-order valence-electron chi connectivity index (χ2n) is 5.47. The first-order valence-corrected chi connectivity index (χ1v) is 8.53. The first kappa shape index (κ1) is 8.03. The van der Waals surface area contributed by atoms with Crippen molar-refractivity contribution < 1.29 is 46.0 Å². The zero-order valence-electron chi connectivity index (χ0n) is 35.1. The van der Waals surface area contributed by atoms with Crippen LogP contribution in [0.2, 0.25) is 5.02 Å². The van der Waals surface area contributed by atoms with E-state index < -0.39 is 115 Å². The summed E-state index contributed by atoms with van der Waals surface area (Å²) in [6, 6.07) is 0.832. The van der Waals surface area contributed by atoms with Crippen molar-refractivity contribution in [2.75, 3.05) is 51.5 Å². The number of nitrogens with one attached hydrogen (secondary N) is 1. The second-order valence-corrected chi connectivity index (χ2v) is 5.87. The Bertz CT molecular complexity index is 1850. The van der Waals surface area contributed by atoms with Crippen molar-refractivity contribution in [1.29, 1.82) is 0 Å². The molecule has 0 atom stereocenters. The Hall–Kier alpha value is -2.68. The summed E-state index contributed by atoms with van der Waals surface area (Å²) >= 11 is 5.82. The molecular formula is C22H24ClFN4O3. The standard InChI is InChI=1S/C22H24ClFN4O3/c1-29-20-13-19-16(12-21(20)31-8-2-5-28-6-9-30-10-7-28)22(26-14-25-19)27-15-3-4-18(24)17(23)11-15/h3-4,11-14H,2,5-10H2,1H3,(H,25,26,27)/i1D3,2D2,5D2,6D2,7D2,8D2,9D2,10D2,12D,13D,14D. The molecular weight excluding hydrogens is 423 g/mol. The van der Waals surface area contributed by atoms with Crippen molar-refractivity contribution in [2.24, 2.45) is 0 Å². The maximum Gasteiger partial charge on any atom is 0.162 e. The SMILES string of the molecule is [2H]c1nc(Nc2ccc(F)c(Cl)c2)c2c([2H])c(OC([2H])([2H])C([2H])([2H])C([2H])([2H])N3C([2H])([2H])C([2H])([2H])OC([2H])([2H])C3([2H])[2H])c(OC([2H])([2H])[2H])c([2H])c2n1. The lowest BCUT2D eigenvalue weighted by molar-refractivity contribution is 0.0357. The fourth-order valence-electron chi connectivity index (χ4n) is 2.24. The van der Waals surface area contributed by atoms with Gasteiger partial charge in [-0.3, -0.25) is 4.90 Å². The number of morpholine rings is 1. The van der Waals surface area contributed by atoms with Crippen LogP contribution in [0.5, 0.6) is 11.5 Å². The monoisotopic (exact) mass is 466 g/mol. The smallest absolute Gasteiger partial charge is 0.162 e. The summed E-state index contributed by atoms with van der Waals surface area (Å²) in [5.74, 6) is -4.11. The number of benzene rings is 2. The lowest BCUT2D eigenvalue weighted by Gasteiger charge is -2.26. The van der Waals surface area contributed by atoms with Gasteiger partial charge in [-0.25, -0.2) is 14.4 Å². The number of rotatable bonds is 8. The number of ether oxygens (including phenoxy) is 3. The molecule has 0 bridgehead atoms. The quantitative estimate of drug-likeness (QED) is 0.531. The molecule has 1 saturated heterocycles. The number of aromatic nitrogens is 2. The van der Waals surface area contributed by atoms with Crippen molar-refractivity contribution in [3.63, 3.8) is 0 Å². The largest absolute Gasteiger partial charge is 0.493 e.